The Kier molecular flexibility index (Phi) is 4.62. The smallest absolute Gasteiger partial charge is 0.152 e. The number of nitrogen functional groups attached to an aromatic ring is 1. The summed E-state index contributed by atoms with van der Waals surface area (Å²) in [5.41, 5.74) is 12.1. The summed E-state index contributed by atoms with van der Waals surface area (Å²) in [6, 6.07) is 5.65. The summed E-state index contributed by atoms with van der Waals surface area (Å²) >= 11 is 0. The number of ether oxygens (including phenoxy) is 1. The van der Waals surface area contributed by atoms with E-state index in [2.05, 4.69) is 16.0 Å². The van der Waals surface area contributed by atoms with Gasteiger partial charge < -0.3 is 15.6 Å². The van der Waals surface area contributed by atoms with Crippen LogP contribution in [-0.2, 0) is 11.3 Å². The van der Waals surface area contributed by atoms with Gasteiger partial charge in [0.1, 0.15) is 23.5 Å². The van der Waals surface area contributed by atoms with E-state index >= 15 is 0 Å². The third-order valence-corrected chi connectivity index (χ3v) is 5.25. The van der Waals surface area contributed by atoms with Crippen LogP contribution in [0.2, 0.25) is 0 Å². The van der Waals surface area contributed by atoms with Crippen LogP contribution in [0.1, 0.15) is 36.2 Å². The predicted octanol–water partition coefficient (Wildman–Crippen LogP) is 4.11. The highest BCUT2D eigenvalue weighted by Crippen LogP contribution is 2.37. The fourth-order valence-electron chi connectivity index (χ4n) is 3.69. The van der Waals surface area contributed by atoms with E-state index in [4.69, 9.17) is 15.5 Å². The molecule has 0 saturated heterocycles. The van der Waals surface area contributed by atoms with Crippen LogP contribution < -0.4 is 5.73 Å². The van der Waals surface area contributed by atoms with Crippen LogP contribution in [-0.4, -0.2) is 30.7 Å². The number of fused-ring (bicyclic) bond motifs is 3. The SMILES string of the molecule is Cc1ccc(O)c(C)c1-n1c2nc(C)c(COC(C)C)cc2c2c(N)ncnc21. The van der Waals surface area contributed by atoms with Crippen LogP contribution >= 0.6 is 0 Å². The lowest BCUT2D eigenvalue weighted by atomic mass is 10.1. The van der Waals surface area contributed by atoms with Gasteiger partial charge in [-0.1, -0.05) is 6.07 Å². The van der Waals surface area contributed by atoms with Crippen LogP contribution in [0.15, 0.2) is 24.5 Å². The van der Waals surface area contributed by atoms with Crippen LogP contribution in [0.25, 0.3) is 27.8 Å². The van der Waals surface area contributed by atoms with Gasteiger partial charge in [0.25, 0.3) is 0 Å². The quantitative estimate of drug-likeness (QED) is 0.543. The molecule has 7 heteroatoms. The summed E-state index contributed by atoms with van der Waals surface area (Å²) in [4.78, 5) is 13.6. The maximum atomic E-state index is 10.3. The zero-order valence-electron chi connectivity index (χ0n) is 17.3. The second kappa shape index (κ2) is 7.00. The second-order valence-electron chi connectivity index (χ2n) is 7.63. The zero-order valence-corrected chi connectivity index (χ0v) is 17.3. The monoisotopic (exact) mass is 391 g/mol. The van der Waals surface area contributed by atoms with Crippen molar-refractivity contribution in [1.29, 1.82) is 0 Å². The second-order valence-corrected chi connectivity index (χ2v) is 7.63. The zero-order chi connectivity index (χ0) is 20.9. The molecule has 0 radical (unpaired) electrons. The van der Waals surface area contributed by atoms with Gasteiger partial charge in [0.05, 0.1) is 23.8 Å². The lowest BCUT2D eigenvalue weighted by Crippen LogP contribution is -2.06. The Labute approximate surface area is 169 Å². The molecule has 0 bridgehead atoms. The van der Waals surface area contributed by atoms with Gasteiger partial charge in [0.2, 0.25) is 0 Å². The number of aromatic nitrogens is 4. The van der Waals surface area contributed by atoms with E-state index in [1.54, 1.807) is 6.07 Å². The first-order chi connectivity index (χ1) is 13.8. The molecular weight excluding hydrogens is 366 g/mol. The molecule has 0 atom stereocenters. The first-order valence-corrected chi connectivity index (χ1v) is 9.61. The van der Waals surface area contributed by atoms with Crippen molar-refractivity contribution in [2.45, 2.75) is 47.3 Å². The lowest BCUT2D eigenvalue weighted by Gasteiger charge is -2.15. The highest BCUT2D eigenvalue weighted by molar-refractivity contribution is 6.11. The molecule has 29 heavy (non-hydrogen) atoms. The number of phenolic OH excluding ortho intramolecular Hbond substituents is 1. The van der Waals surface area contributed by atoms with E-state index in [9.17, 15) is 5.11 Å². The fourth-order valence-corrected chi connectivity index (χ4v) is 3.69. The van der Waals surface area contributed by atoms with Gasteiger partial charge in [-0.05, 0) is 57.9 Å². The van der Waals surface area contributed by atoms with Crippen molar-refractivity contribution in [3.63, 3.8) is 0 Å². The summed E-state index contributed by atoms with van der Waals surface area (Å²) in [5.74, 6) is 0.622. The molecule has 3 aromatic heterocycles. The highest BCUT2D eigenvalue weighted by atomic mass is 16.5. The Hall–Kier alpha value is -3.19. The number of hydrogen-bond donors (Lipinski definition) is 2. The van der Waals surface area contributed by atoms with E-state index in [1.807, 2.05) is 45.3 Å². The number of rotatable bonds is 4. The molecule has 0 aliphatic carbocycles. The van der Waals surface area contributed by atoms with Crippen molar-refractivity contribution in [3.05, 3.63) is 46.9 Å². The van der Waals surface area contributed by atoms with Gasteiger partial charge in [-0.25, -0.2) is 15.0 Å². The van der Waals surface area contributed by atoms with E-state index in [0.29, 0.717) is 18.1 Å². The van der Waals surface area contributed by atoms with Gasteiger partial charge >= 0.3 is 0 Å². The number of hydrogen-bond acceptors (Lipinski definition) is 6. The molecule has 0 aliphatic heterocycles. The van der Waals surface area contributed by atoms with Crippen molar-refractivity contribution < 1.29 is 9.84 Å². The van der Waals surface area contributed by atoms with Crippen molar-refractivity contribution in [2.24, 2.45) is 0 Å². The Morgan fingerprint density at radius 1 is 1.14 bits per heavy atom. The van der Waals surface area contributed by atoms with Crippen LogP contribution in [0.4, 0.5) is 5.82 Å². The number of phenols is 1. The molecule has 150 valence electrons. The molecule has 0 spiro atoms. The molecule has 0 unspecified atom stereocenters. The van der Waals surface area contributed by atoms with E-state index in [1.165, 1.54) is 6.33 Å². The Morgan fingerprint density at radius 3 is 2.62 bits per heavy atom. The molecule has 3 N–H and O–H groups in total. The summed E-state index contributed by atoms with van der Waals surface area (Å²) in [7, 11) is 0. The number of nitrogens with two attached hydrogens (primary N) is 1. The van der Waals surface area contributed by atoms with Gasteiger partial charge in [-0.3, -0.25) is 4.57 Å². The highest BCUT2D eigenvalue weighted by Gasteiger charge is 2.22. The molecule has 0 saturated carbocycles. The maximum absolute atomic E-state index is 10.3. The van der Waals surface area contributed by atoms with Crippen LogP contribution in [0, 0.1) is 20.8 Å². The summed E-state index contributed by atoms with van der Waals surface area (Å²) in [6.45, 7) is 10.3. The largest absolute Gasteiger partial charge is 0.508 e. The number of anilines is 1. The van der Waals surface area contributed by atoms with E-state index in [-0.39, 0.29) is 11.9 Å². The number of nitrogens with zero attached hydrogens (tertiary/aromatic N) is 4. The van der Waals surface area contributed by atoms with Gasteiger partial charge in [0, 0.05) is 16.6 Å². The molecule has 3 heterocycles. The summed E-state index contributed by atoms with van der Waals surface area (Å²) in [5, 5.41) is 12.0. The van der Waals surface area contributed by atoms with Crippen molar-refractivity contribution in [1.82, 2.24) is 19.5 Å². The summed E-state index contributed by atoms with van der Waals surface area (Å²) < 4.78 is 7.77. The normalized spacial score (nSPS) is 11.8. The molecule has 1 aromatic carbocycles. The Bertz CT molecular complexity index is 1240. The topological polar surface area (TPSA) is 99.1 Å². The Morgan fingerprint density at radius 2 is 1.90 bits per heavy atom. The van der Waals surface area contributed by atoms with E-state index < -0.39 is 0 Å². The van der Waals surface area contributed by atoms with Crippen LogP contribution in [0.3, 0.4) is 0 Å². The molecule has 0 fully saturated rings. The van der Waals surface area contributed by atoms with Crippen molar-refractivity contribution in [2.75, 3.05) is 5.73 Å². The average Bonchev–Trinajstić information content (AvgIpc) is 2.98. The third-order valence-electron chi connectivity index (χ3n) is 5.25. The standard InChI is InChI=1S/C22H25N5O2/c1-11(2)29-9-15-8-16-18-20(23)24-10-25-22(18)27(21(16)26-14(15)5)19-12(3)6-7-17(28)13(19)4/h6-8,10-11,28H,9H2,1-5H3,(H2,23,24,25). The minimum atomic E-state index is 0.123. The third kappa shape index (κ3) is 3.07. The van der Waals surface area contributed by atoms with Crippen molar-refractivity contribution in [3.8, 4) is 11.4 Å². The molecule has 0 aliphatic rings. The molecule has 7 nitrogen and oxygen atoms in total. The average molecular weight is 391 g/mol. The maximum Gasteiger partial charge on any atom is 0.152 e. The molecular formula is C22H25N5O2. The number of benzene rings is 1. The minimum Gasteiger partial charge on any atom is -0.508 e. The fraction of sp³-hybridized carbons (Fsp3) is 0.318. The first-order valence-electron chi connectivity index (χ1n) is 9.61. The van der Waals surface area contributed by atoms with Gasteiger partial charge in [-0.2, -0.15) is 0 Å². The van der Waals surface area contributed by atoms with E-state index in [0.717, 1.165) is 44.5 Å². The molecule has 4 rings (SSSR count). The van der Waals surface area contributed by atoms with Crippen LogP contribution in [0.5, 0.6) is 5.75 Å². The van der Waals surface area contributed by atoms with Gasteiger partial charge in [0.15, 0.2) is 5.65 Å². The minimum absolute atomic E-state index is 0.123. The predicted molar refractivity (Wildman–Crippen MR) is 114 cm³/mol. The lowest BCUT2D eigenvalue weighted by molar-refractivity contribution is 0.0653. The van der Waals surface area contributed by atoms with Gasteiger partial charge in [-0.15, -0.1) is 0 Å². The number of aryl methyl sites for hydroxylation is 2. The Balaban J connectivity index is 2.11. The molecule has 4 aromatic rings. The number of aromatic hydroxyl groups is 1. The molecule has 0 amide bonds. The summed E-state index contributed by atoms with van der Waals surface area (Å²) in [6.07, 6.45) is 1.58. The number of pyridine rings is 1. The first kappa shape index (κ1) is 19.1. The van der Waals surface area contributed by atoms with Crippen molar-refractivity contribution >= 4 is 27.9 Å².